The minimum Gasteiger partial charge on any atom is -0.249 e. The number of aromatic nitrogens is 4. The van der Waals surface area contributed by atoms with Gasteiger partial charge in [-0.05, 0) is 35.9 Å². The lowest BCUT2D eigenvalue weighted by Crippen LogP contribution is -2.25. The highest BCUT2D eigenvalue weighted by molar-refractivity contribution is 7.92. The third kappa shape index (κ3) is 4.66. The Labute approximate surface area is 209 Å². The van der Waals surface area contributed by atoms with E-state index in [1.807, 2.05) is 0 Å². The van der Waals surface area contributed by atoms with Crippen molar-refractivity contribution in [3.05, 3.63) is 70.9 Å². The summed E-state index contributed by atoms with van der Waals surface area (Å²) in [5.41, 5.74) is -8.30. The molecule has 4 aromatic rings. The van der Waals surface area contributed by atoms with Crippen LogP contribution in [0.25, 0.3) is 22.6 Å². The lowest BCUT2D eigenvalue weighted by Gasteiger charge is -2.12. The number of rotatable bonds is 5. The second kappa shape index (κ2) is 8.93. The highest BCUT2D eigenvalue weighted by Gasteiger charge is 2.47. The molecule has 0 N–H and O–H groups in total. The lowest BCUT2D eigenvalue weighted by molar-refractivity contribution is -0.137. The molecule has 0 amide bonds. The first kappa shape index (κ1) is 27.3. The molecule has 17 heteroatoms. The lowest BCUT2D eigenvalue weighted by atomic mass is 10.0. The van der Waals surface area contributed by atoms with Gasteiger partial charge in [0.05, 0.1) is 16.2 Å². The van der Waals surface area contributed by atoms with Crippen LogP contribution in [-0.2, 0) is 25.9 Å². The van der Waals surface area contributed by atoms with Gasteiger partial charge in [0, 0.05) is 18.0 Å². The molecule has 0 radical (unpaired) electrons. The molecule has 0 aliphatic heterocycles. The van der Waals surface area contributed by atoms with E-state index in [2.05, 4.69) is 10.1 Å². The Kier molecular flexibility index (Phi) is 6.42. The predicted molar refractivity (Wildman–Crippen MR) is 120 cm³/mol. The summed E-state index contributed by atoms with van der Waals surface area (Å²) in [5, 5.41) is 3.84. The molecule has 4 rings (SSSR count). The summed E-state index contributed by atoms with van der Waals surface area (Å²) < 4.78 is 128. The summed E-state index contributed by atoms with van der Waals surface area (Å²) in [6.45, 7) is 1.26. The van der Waals surface area contributed by atoms with Crippen molar-refractivity contribution in [2.45, 2.75) is 28.4 Å². The third-order valence-corrected chi connectivity index (χ3v) is 8.58. The molecule has 1 aromatic carbocycles. The Morgan fingerprint density at radius 2 is 1.61 bits per heavy atom. The van der Waals surface area contributed by atoms with Crippen LogP contribution in [0.15, 0.2) is 69.4 Å². The fraction of sp³-hybridized carbons (Fsp3) is 0.190. The van der Waals surface area contributed by atoms with E-state index in [-0.39, 0.29) is 16.8 Å². The van der Waals surface area contributed by atoms with Crippen molar-refractivity contribution >= 4 is 25.3 Å². The van der Waals surface area contributed by atoms with Crippen LogP contribution in [0.2, 0.25) is 0 Å². The molecule has 3 aromatic heterocycles. The van der Waals surface area contributed by atoms with Crippen molar-refractivity contribution in [2.24, 2.45) is 0 Å². The molecule has 0 unspecified atom stereocenters. The third-order valence-electron chi connectivity index (χ3n) is 5.38. The molecule has 0 fully saturated rings. The molecule has 38 heavy (non-hydrogen) atoms. The Bertz CT molecular complexity index is 1840. The summed E-state index contributed by atoms with van der Waals surface area (Å²) in [7, 11) is -10.0. The summed E-state index contributed by atoms with van der Waals surface area (Å²) in [6, 6.07) is 6.36. The van der Waals surface area contributed by atoms with Gasteiger partial charge in [-0.15, -0.1) is 5.10 Å². The van der Waals surface area contributed by atoms with Crippen molar-refractivity contribution < 1.29 is 43.2 Å². The molecule has 202 valence electrons. The van der Waals surface area contributed by atoms with E-state index in [1.54, 1.807) is 0 Å². The average molecular weight is 580 g/mol. The molecule has 0 aliphatic carbocycles. The standard InChI is InChI=1S/C21H14F6N4O5S2/c1-2-37(33,34)16-9-13(12-4-3-5-14(8-12)20(22,23)24)10-28-18(16)31-19(32)30-11-15(6-7-17(30)29-31)38(35,36)21(25,26)27/h3-11H,2H2,1H3. The average Bonchev–Trinajstić information content (AvgIpc) is 3.18. The maximum Gasteiger partial charge on any atom is 0.501 e. The van der Waals surface area contributed by atoms with Gasteiger partial charge < -0.3 is 0 Å². The maximum absolute atomic E-state index is 13.1. The topological polar surface area (TPSA) is 120 Å². The minimum absolute atomic E-state index is 0.0317. The molecular formula is C21H14F6N4O5S2. The van der Waals surface area contributed by atoms with Gasteiger partial charge >= 0.3 is 17.4 Å². The van der Waals surface area contributed by atoms with Gasteiger partial charge in [-0.2, -0.15) is 31.0 Å². The van der Waals surface area contributed by atoms with E-state index >= 15 is 0 Å². The summed E-state index contributed by atoms with van der Waals surface area (Å²) in [5.74, 6) is -1.10. The van der Waals surface area contributed by atoms with E-state index in [0.29, 0.717) is 21.3 Å². The van der Waals surface area contributed by atoms with Crippen molar-refractivity contribution in [2.75, 3.05) is 5.75 Å². The first-order valence-electron chi connectivity index (χ1n) is 10.3. The fourth-order valence-corrected chi connectivity index (χ4v) is 5.19. The van der Waals surface area contributed by atoms with Crippen LogP contribution >= 0.6 is 0 Å². The number of sulfone groups is 2. The summed E-state index contributed by atoms with van der Waals surface area (Å²) in [6.07, 6.45) is -3.30. The number of benzene rings is 1. The maximum atomic E-state index is 13.1. The van der Waals surface area contributed by atoms with Crippen LogP contribution in [0.4, 0.5) is 26.3 Å². The van der Waals surface area contributed by atoms with Crippen molar-refractivity contribution in [1.29, 1.82) is 0 Å². The molecular weight excluding hydrogens is 566 g/mol. The molecule has 0 spiro atoms. The van der Waals surface area contributed by atoms with Gasteiger partial charge in [0.1, 0.15) is 4.90 Å². The van der Waals surface area contributed by atoms with Crippen molar-refractivity contribution in [3.8, 4) is 16.9 Å². The monoisotopic (exact) mass is 580 g/mol. The first-order chi connectivity index (χ1) is 17.5. The Balaban J connectivity index is 1.94. The molecule has 3 heterocycles. The van der Waals surface area contributed by atoms with E-state index in [1.165, 1.54) is 13.0 Å². The number of halogens is 6. The highest BCUT2D eigenvalue weighted by atomic mass is 32.2. The summed E-state index contributed by atoms with van der Waals surface area (Å²) >= 11 is 0. The normalized spacial score (nSPS) is 13.2. The van der Waals surface area contributed by atoms with E-state index in [0.717, 1.165) is 36.5 Å². The zero-order valence-electron chi connectivity index (χ0n) is 18.8. The smallest absolute Gasteiger partial charge is 0.249 e. The van der Waals surface area contributed by atoms with Crippen LogP contribution in [0.5, 0.6) is 0 Å². The van der Waals surface area contributed by atoms with Gasteiger partial charge in [-0.3, -0.25) is 0 Å². The van der Waals surface area contributed by atoms with Crippen LogP contribution in [0.3, 0.4) is 0 Å². The van der Waals surface area contributed by atoms with Crippen LogP contribution in [-0.4, -0.2) is 47.3 Å². The van der Waals surface area contributed by atoms with Gasteiger partial charge in [0.25, 0.3) is 9.84 Å². The second-order valence-corrected chi connectivity index (χ2v) is 12.0. The van der Waals surface area contributed by atoms with Crippen molar-refractivity contribution in [1.82, 2.24) is 19.2 Å². The second-order valence-electron chi connectivity index (χ2n) is 7.76. The predicted octanol–water partition coefficient (Wildman–Crippen LogP) is 3.65. The zero-order valence-corrected chi connectivity index (χ0v) is 20.5. The number of hydrogen-bond acceptors (Lipinski definition) is 7. The minimum atomic E-state index is -5.81. The molecule has 0 saturated heterocycles. The van der Waals surface area contributed by atoms with Crippen LogP contribution < -0.4 is 5.69 Å². The van der Waals surface area contributed by atoms with Gasteiger partial charge in [0.2, 0.25) is 0 Å². The zero-order chi connectivity index (χ0) is 28.3. The number of alkyl halides is 6. The van der Waals surface area contributed by atoms with Crippen molar-refractivity contribution in [3.63, 3.8) is 0 Å². The number of hydrogen-bond donors (Lipinski definition) is 0. The molecule has 9 nitrogen and oxygen atoms in total. The number of fused-ring (bicyclic) bond motifs is 1. The fourth-order valence-electron chi connectivity index (χ4n) is 3.40. The van der Waals surface area contributed by atoms with Gasteiger partial charge in [-0.25, -0.2) is 31.0 Å². The van der Waals surface area contributed by atoms with E-state index in [4.69, 9.17) is 0 Å². The first-order valence-corrected chi connectivity index (χ1v) is 13.4. The van der Waals surface area contributed by atoms with E-state index < -0.39 is 64.0 Å². The van der Waals surface area contributed by atoms with Gasteiger partial charge in [0.15, 0.2) is 21.3 Å². The quantitative estimate of drug-likeness (QED) is 0.331. The molecule has 0 saturated carbocycles. The van der Waals surface area contributed by atoms with Gasteiger partial charge in [-0.1, -0.05) is 19.1 Å². The molecule has 0 bridgehead atoms. The number of nitrogens with zero attached hydrogens (tertiary/aromatic N) is 4. The summed E-state index contributed by atoms with van der Waals surface area (Å²) in [4.78, 5) is 15.0. The van der Waals surface area contributed by atoms with E-state index in [9.17, 15) is 48.0 Å². The molecule has 0 atom stereocenters. The number of pyridine rings is 2. The molecule has 0 aliphatic rings. The Morgan fingerprint density at radius 1 is 0.921 bits per heavy atom. The highest BCUT2D eigenvalue weighted by Crippen LogP contribution is 2.33. The Hall–Kier alpha value is -3.73. The van der Waals surface area contributed by atoms with Crippen LogP contribution in [0, 0.1) is 0 Å². The largest absolute Gasteiger partial charge is 0.501 e. The SMILES string of the molecule is CCS(=O)(=O)c1cc(-c2cccc(C(F)(F)F)c2)cnc1-n1nc2ccc(S(=O)(=O)C(F)(F)F)cn2c1=O. The Morgan fingerprint density at radius 3 is 2.21 bits per heavy atom. The van der Waals surface area contributed by atoms with Crippen LogP contribution in [0.1, 0.15) is 12.5 Å².